The average molecular weight is 136 g/mol. The van der Waals surface area contributed by atoms with Gasteiger partial charge in [0, 0.05) is 5.41 Å². The van der Waals surface area contributed by atoms with Crippen LogP contribution < -0.4 is 0 Å². The SMILES string of the molecule is C#CC(=O)C(C)(C)CC=C. The zero-order valence-corrected chi connectivity index (χ0v) is 6.48. The molecular formula is C9H12O. The Labute approximate surface area is 62.1 Å². The van der Waals surface area contributed by atoms with Gasteiger partial charge in [0.15, 0.2) is 0 Å². The summed E-state index contributed by atoms with van der Waals surface area (Å²) >= 11 is 0. The number of rotatable bonds is 3. The van der Waals surface area contributed by atoms with Crippen LogP contribution in [0.25, 0.3) is 0 Å². The minimum atomic E-state index is -0.434. The van der Waals surface area contributed by atoms with Crippen molar-refractivity contribution in [1.82, 2.24) is 0 Å². The first kappa shape index (κ1) is 8.97. The van der Waals surface area contributed by atoms with E-state index in [0.29, 0.717) is 6.42 Å². The monoisotopic (exact) mass is 136 g/mol. The quantitative estimate of drug-likeness (QED) is 0.328. The van der Waals surface area contributed by atoms with Gasteiger partial charge in [0.2, 0.25) is 5.78 Å². The third-order valence-electron chi connectivity index (χ3n) is 1.40. The molecule has 0 aliphatic rings. The first-order valence-electron chi connectivity index (χ1n) is 3.16. The van der Waals surface area contributed by atoms with Crippen LogP contribution in [-0.4, -0.2) is 5.78 Å². The number of allylic oxidation sites excluding steroid dienone is 1. The molecule has 54 valence electrons. The van der Waals surface area contributed by atoms with Crippen LogP contribution in [0, 0.1) is 17.8 Å². The fraction of sp³-hybridized carbons (Fsp3) is 0.444. The van der Waals surface area contributed by atoms with E-state index < -0.39 is 5.41 Å². The van der Waals surface area contributed by atoms with Crippen molar-refractivity contribution in [3.8, 4) is 12.3 Å². The second-order valence-electron chi connectivity index (χ2n) is 2.85. The maximum Gasteiger partial charge on any atom is 0.211 e. The molecule has 0 heterocycles. The van der Waals surface area contributed by atoms with E-state index in [9.17, 15) is 4.79 Å². The molecule has 0 atom stereocenters. The highest BCUT2D eigenvalue weighted by molar-refractivity contribution is 5.99. The molecular weight excluding hydrogens is 124 g/mol. The highest BCUT2D eigenvalue weighted by Gasteiger charge is 2.23. The molecule has 0 amide bonds. The number of carbonyl (C=O) groups is 1. The maximum atomic E-state index is 10.9. The fourth-order valence-electron chi connectivity index (χ4n) is 0.649. The Balaban J connectivity index is 4.26. The smallest absolute Gasteiger partial charge is 0.211 e. The molecule has 0 saturated heterocycles. The summed E-state index contributed by atoms with van der Waals surface area (Å²) in [7, 11) is 0. The Morgan fingerprint density at radius 2 is 2.30 bits per heavy atom. The lowest BCUT2D eigenvalue weighted by Crippen LogP contribution is -2.21. The van der Waals surface area contributed by atoms with Crippen molar-refractivity contribution in [3.63, 3.8) is 0 Å². The average Bonchev–Trinajstić information content (AvgIpc) is 1.86. The third-order valence-corrected chi connectivity index (χ3v) is 1.40. The molecule has 0 unspecified atom stereocenters. The number of terminal acetylenes is 1. The summed E-state index contributed by atoms with van der Waals surface area (Å²) < 4.78 is 0. The molecule has 1 heteroatoms. The van der Waals surface area contributed by atoms with E-state index in [0.717, 1.165) is 0 Å². The third kappa shape index (κ3) is 2.06. The number of carbonyl (C=O) groups excluding carboxylic acids is 1. The molecule has 0 rings (SSSR count). The fourth-order valence-corrected chi connectivity index (χ4v) is 0.649. The molecule has 0 aromatic rings. The summed E-state index contributed by atoms with van der Waals surface area (Å²) in [6.07, 6.45) is 7.29. The first-order valence-corrected chi connectivity index (χ1v) is 3.16. The molecule has 0 aromatic heterocycles. The van der Waals surface area contributed by atoms with Gasteiger partial charge in [-0.25, -0.2) is 0 Å². The molecule has 0 radical (unpaired) electrons. The standard InChI is InChI=1S/C9H12O/c1-5-7-9(3,4)8(10)6-2/h2,5H,1,7H2,3-4H3. The van der Waals surface area contributed by atoms with Crippen LogP contribution in [0.2, 0.25) is 0 Å². The van der Waals surface area contributed by atoms with Crippen LogP contribution in [0.3, 0.4) is 0 Å². The van der Waals surface area contributed by atoms with Gasteiger partial charge < -0.3 is 0 Å². The minimum Gasteiger partial charge on any atom is -0.284 e. The number of Topliss-reactive ketones (excluding diaryl/α,β-unsaturated/α-hetero) is 1. The molecule has 0 fully saturated rings. The van der Waals surface area contributed by atoms with E-state index in [4.69, 9.17) is 6.42 Å². The van der Waals surface area contributed by atoms with Crippen molar-refractivity contribution in [2.75, 3.05) is 0 Å². The van der Waals surface area contributed by atoms with Crippen molar-refractivity contribution in [1.29, 1.82) is 0 Å². The largest absolute Gasteiger partial charge is 0.284 e. The van der Waals surface area contributed by atoms with Gasteiger partial charge in [-0.2, -0.15) is 0 Å². The molecule has 1 nitrogen and oxygen atoms in total. The Morgan fingerprint density at radius 1 is 1.80 bits per heavy atom. The van der Waals surface area contributed by atoms with Crippen LogP contribution in [0.5, 0.6) is 0 Å². The number of hydrogen-bond acceptors (Lipinski definition) is 1. The lowest BCUT2D eigenvalue weighted by Gasteiger charge is -2.16. The molecule has 10 heavy (non-hydrogen) atoms. The van der Waals surface area contributed by atoms with E-state index in [1.807, 2.05) is 13.8 Å². The summed E-state index contributed by atoms with van der Waals surface area (Å²) in [6.45, 7) is 7.17. The van der Waals surface area contributed by atoms with Crippen molar-refractivity contribution < 1.29 is 4.79 Å². The summed E-state index contributed by atoms with van der Waals surface area (Å²) in [6, 6.07) is 0. The van der Waals surface area contributed by atoms with Crippen molar-refractivity contribution >= 4 is 5.78 Å². The van der Waals surface area contributed by atoms with Crippen LogP contribution >= 0.6 is 0 Å². The second kappa shape index (κ2) is 3.22. The number of hydrogen-bond donors (Lipinski definition) is 0. The van der Waals surface area contributed by atoms with Gasteiger partial charge in [-0.15, -0.1) is 13.0 Å². The Bertz CT molecular complexity index is 181. The highest BCUT2D eigenvalue weighted by atomic mass is 16.1. The van der Waals surface area contributed by atoms with Crippen molar-refractivity contribution in [3.05, 3.63) is 12.7 Å². The molecule has 0 saturated carbocycles. The molecule has 0 N–H and O–H groups in total. The predicted molar refractivity (Wildman–Crippen MR) is 42.4 cm³/mol. The Kier molecular flexibility index (Phi) is 2.89. The van der Waals surface area contributed by atoms with Gasteiger partial charge >= 0.3 is 0 Å². The first-order chi connectivity index (χ1) is 4.54. The van der Waals surface area contributed by atoms with Gasteiger partial charge in [-0.05, 0) is 12.3 Å². The van der Waals surface area contributed by atoms with Gasteiger partial charge in [0.05, 0.1) is 0 Å². The molecule has 0 bridgehead atoms. The Morgan fingerprint density at radius 3 is 2.60 bits per heavy atom. The lowest BCUT2D eigenvalue weighted by molar-refractivity contribution is -0.121. The summed E-state index contributed by atoms with van der Waals surface area (Å²) in [5, 5.41) is 0. The van der Waals surface area contributed by atoms with Crippen LogP contribution in [0.15, 0.2) is 12.7 Å². The van der Waals surface area contributed by atoms with E-state index in [2.05, 4.69) is 12.5 Å². The molecule has 0 aliphatic heterocycles. The minimum absolute atomic E-state index is 0.160. The topological polar surface area (TPSA) is 17.1 Å². The molecule has 0 aliphatic carbocycles. The number of ketones is 1. The Hall–Kier alpha value is -1.03. The van der Waals surface area contributed by atoms with E-state index in [1.54, 1.807) is 6.08 Å². The van der Waals surface area contributed by atoms with Gasteiger partial charge in [-0.1, -0.05) is 19.9 Å². The zero-order chi connectivity index (χ0) is 8.20. The van der Waals surface area contributed by atoms with Crippen molar-refractivity contribution in [2.45, 2.75) is 20.3 Å². The molecule has 0 spiro atoms. The van der Waals surface area contributed by atoms with E-state index in [1.165, 1.54) is 0 Å². The molecule has 0 aromatic carbocycles. The normalized spacial score (nSPS) is 10.1. The van der Waals surface area contributed by atoms with E-state index >= 15 is 0 Å². The second-order valence-corrected chi connectivity index (χ2v) is 2.85. The summed E-state index contributed by atoms with van der Waals surface area (Å²) in [4.78, 5) is 10.9. The highest BCUT2D eigenvalue weighted by Crippen LogP contribution is 2.20. The van der Waals surface area contributed by atoms with Crippen LogP contribution in [0.1, 0.15) is 20.3 Å². The zero-order valence-electron chi connectivity index (χ0n) is 6.48. The van der Waals surface area contributed by atoms with Crippen LogP contribution in [0.4, 0.5) is 0 Å². The van der Waals surface area contributed by atoms with Gasteiger partial charge in [0.25, 0.3) is 0 Å². The van der Waals surface area contributed by atoms with E-state index in [-0.39, 0.29) is 5.78 Å². The maximum absolute atomic E-state index is 10.9. The summed E-state index contributed by atoms with van der Waals surface area (Å²) in [5.41, 5.74) is -0.434. The van der Waals surface area contributed by atoms with Crippen LogP contribution in [-0.2, 0) is 4.79 Å². The van der Waals surface area contributed by atoms with Gasteiger partial charge in [0.1, 0.15) is 0 Å². The summed E-state index contributed by atoms with van der Waals surface area (Å²) in [5.74, 6) is 1.94. The van der Waals surface area contributed by atoms with Crippen molar-refractivity contribution in [2.24, 2.45) is 5.41 Å². The predicted octanol–water partition coefficient (Wildman–Crippen LogP) is 1.79. The lowest BCUT2D eigenvalue weighted by atomic mass is 9.85. The van der Waals surface area contributed by atoms with Gasteiger partial charge in [-0.3, -0.25) is 4.79 Å².